The zero-order valence-corrected chi connectivity index (χ0v) is 15.1. The number of nitrogens with one attached hydrogen (secondary N) is 2. The molecule has 0 aliphatic rings. The zero-order chi connectivity index (χ0) is 18.6. The molecule has 0 saturated carbocycles. The van der Waals surface area contributed by atoms with Crippen LogP contribution in [0, 0.1) is 18.2 Å². The van der Waals surface area contributed by atoms with Gasteiger partial charge in [-0.1, -0.05) is 41.4 Å². The van der Waals surface area contributed by atoms with Gasteiger partial charge in [0, 0.05) is 12.2 Å². The number of amides is 2. The first-order valence-corrected chi connectivity index (χ1v) is 8.18. The van der Waals surface area contributed by atoms with E-state index < -0.39 is 23.0 Å². The van der Waals surface area contributed by atoms with Crippen molar-refractivity contribution < 1.29 is 14.0 Å². The van der Waals surface area contributed by atoms with Crippen LogP contribution in [0.2, 0.25) is 5.02 Å². The molecule has 0 radical (unpaired) electrons. The van der Waals surface area contributed by atoms with Crippen LogP contribution in [-0.4, -0.2) is 11.8 Å². The average Bonchev–Trinajstić information content (AvgIpc) is 2.56. The van der Waals surface area contributed by atoms with E-state index in [-0.39, 0.29) is 5.02 Å². The van der Waals surface area contributed by atoms with Gasteiger partial charge in [0.05, 0.1) is 5.02 Å². The molecule has 0 saturated heterocycles. The van der Waals surface area contributed by atoms with Gasteiger partial charge in [-0.25, -0.2) is 4.39 Å². The van der Waals surface area contributed by atoms with Crippen molar-refractivity contribution in [2.75, 3.05) is 5.32 Å². The van der Waals surface area contributed by atoms with E-state index in [0.717, 1.165) is 17.2 Å². The number of anilines is 1. The summed E-state index contributed by atoms with van der Waals surface area (Å²) in [5.41, 5.74) is 1.08. The highest BCUT2D eigenvalue weighted by Crippen LogP contribution is 2.23. The van der Waals surface area contributed by atoms with Crippen LogP contribution in [0.15, 0.2) is 42.5 Å². The Balaban J connectivity index is 2.01. The highest BCUT2D eigenvalue weighted by Gasteiger charge is 2.36. The molecule has 132 valence electrons. The van der Waals surface area contributed by atoms with Gasteiger partial charge in [0.15, 0.2) is 0 Å². The third-order valence-corrected chi connectivity index (χ3v) is 4.14. The van der Waals surface area contributed by atoms with Crippen molar-refractivity contribution in [3.8, 4) is 0 Å². The highest BCUT2D eigenvalue weighted by molar-refractivity contribution is 6.31. The number of carbonyl (C=O) groups excluding carboxylic acids is 2. The smallest absolute Gasteiger partial charge is 0.239 e. The van der Waals surface area contributed by atoms with Gasteiger partial charge in [0.2, 0.25) is 11.8 Å². The van der Waals surface area contributed by atoms with Crippen LogP contribution in [0.1, 0.15) is 25.0 Å². The van der Waals surface area contributed by atoms with E-state index in [9.17, 15) is 14.0 Å². The van der Waals surface area contributed by atoms with Crippen LogP contribution in [0.4, 0.5) is 10.1 Å². The van der Waals surface area contributed by atoms with Crippen molar-refractivity contribution in [3.63, 3.8) is 0 Å². The molecule has 0 atom stereocenters. The summed E-state index contributed by atoms with van der Waals surface area (Å²) in [6, 6.07) is 11.6. The summed E-state index contributed by atoms with van der Waals surface area (Å²) in [6.45, 7) is 5.36. The van der Waals surface area contributed by atoms with Gasteiger partial charge in [0.1, 0.15) is 11.2 Å². The van der Waals surface area contributed by atoms with Crippen LogP contribution in [0.5, 0.6) is 0 Å². The molecule has 0 heterocycles. The molecule has 0 bridgehead atoms. The third-order valence-electron chi connectivity index (χ3n) is 3.85. The van der Waals surface area contributed by atoms with Crippen LogP contribution >= 0.6 is 11.6 Å². The molecule has 2 N–H and O–H groups in total. The molecule has 0 unspecified atom stereocenters. The molecule has 2 aromatic carbocycles. The minimum absolute atomic E-state index is 0.0977. The lowest BCUT2D eigenvalue weighted by Crippen LogP contribution is -2.44. The monoisotopic (exact) mass is 362 g/mol. The molecule has 0 aromatic heterocycles. The van der Waals surface area contributed by atoms with Crippen molar-refractivity contribution in [2.24, 2.45) is 5.41 Å². The molecule has 0 aliphatic carbocycles. The maximum atomic E-state index is 13.2. The third kappa shape index (κ3) is 4.79. The second-order valence-electron chi connectivity index (χ2n) is 6.38. The van der Waals surface area contributed by atoms with Gasteiger partial charge in [-0.15, -0.1) is 0 Å². The van der Waals surface area contributed by atoms with Crippen LogP contribution in [-0.2, 0) is 16.1 Å². The van der Waals surface area contributed by atoms with E-state index in [2.05, 4.69) is 10.6 Å². The van der Waals surface area contributed by atoms with Gasteiger partial charge in [-0.2, -0.15) is 0 Å². The topological polar surface area (TPSA) is 58.2 Å². The Morgan fingerprint density at radius 3 is 2.48 bits per heavy atom. The van der Waals surface area contributed by atoms with E-state index in [1.165, 1.54) is 26.0 Å². The summed E-state index contributed by atoms with van der Waals surface area (Å²) in [5, 5.41) is 5.26. The summed E-state index contributed by atoms with van der Waals surface area (Å²) in [6.07, 6.45) is 0. The first-order chi connectivity index (χ1) is 11.7. The van der Waals surface area contributed by atoms with Gasteiger partial charge >= 0.3 is 0 Å². The Morgan fingerprint density at radius 2 is 1.84 bits per heavy atom. The summed E-state index contributed by atoms with van der Waals surface area (Å²) >= 11 is 5.70. The molecule has 2 aromatic rings. The lowest BCUT2D eigenvalue weighted by molar-refractivity contribution is -0.138. The number of hydrogen-bond donors (Lipinski definition) is 2. The fourth-order valence-electron chi connectivity index (χ4n) is 2.19. The molecule has 0 fully saturated rings. The maximum Gasteiger partial charge on any atom is 0.239 e. The van der Waals surface area contributed by atoms with E-state index >= 15 is 0 Å². The molecule has 2 rings (SSSR count). The van der Waals surface area contributed by atoms with Crippen molar-refractivity contribution in [1.29, 1.82) is 0 Å². The number of carbonyl (C=O) groups is 2. The fourth-order valence-corrected chi connectivity index (χ4v) is 2.37. The number of rotatable bonds is 5. The Hall–Kier alpha value is -2.40. The summed E-state index contributed by atoms with van der Waals surface area (Å²) in [4.78, 5) is 24.8. The van der Waals surface area contributed by atoms with Gasteiger partial charge in [-0.3, -0.25) is 9.59 Å². The molecule has 25 heavy (non-hydrogen) atoms. The first-order valence-electron chi connectivity index (χ1n) is 7.80. The summed E-state index contributed by atoms with van der Waals surface area (Å²) < 4.78 is 13.2. The quantitative estimate of drug-likeness (QED) is 0.788. The SMILES string of the molecule is Cc1cccc(CNC(=O)C(C)(C)C(=O)Nc2ccc(F)c(Cl)c2)c1. The van der Waals surface area contributed by atoms with E-state index in [1.54, 1.807) is 0 Å². The molecule has 6 heteroatoms. The fraction of sp³-hybridized carbons (Fsp3) is 0.263. The average molecular weight is 363 g/mol. The van der Waals surface area contributed by atoms with E-state index in [4.69, 9.17) is 11.6 Å². The number of hydrogen-bond acceptors (Lipinski definition) is 2. The summed E-state index contributed by atoms with van der Waals surface area (Å²) in [7, 11) is 0. The van der Waals surface area contributed by atoms with Crippen LogP contribution in [0.25, 0.3) is 0 Å². The van der Waals surface area contributed by atoms with Crippen LogP contribution < -0.4 is 10.6 Å². The van der Waals surface area contributed by atoms with E-state index in [0.29, 0.717) is 12.2 Å². The normalized spacial score (nSPS) is 11.1. The predicted molar refractivity (Wildman–Crippen MR) is 96.8 cm³/mol. The highest BCUT2D eigenvalue weighted by atomic mass is 35.5. The molecular weight excluding hydrogens is 343 g/mol. The van der Waals surface area contributed by atoms with Crippen molar-refractivity contribution >= 4 is 29.1 Å². The van der Waals surface area contributed by atoms with Crippen molar-refractivity contribution in [1.82, 2.24) is 5.32 Å². The van der Waals surface area contributed by atoms with E-state index in [1.807, 2.05) is 31.2 Å². The molecule has 0 aliphatic heterocycles. The summed E-state index contributed by atoms with van der Waals surface area (Å²) in [5.74, 6) is -1.48. The minimum atomic E-state index is -1.30. The Labute approximate surface area is 151 Å². The maximum absolute atomic E-state index is 13.2. The standard InChI is InChI=1S/C19H20ClFN2O2/c1-12-5-4-6-13(9-12)11-22-17(24)19(2,3)18(25)23-14-7-8-16(21)15(20)10-14/h4-10H,11H2,1-3H3,(H,22,24)(H,23,25). The second-order valence-corrected chi connectivity index (χ2v) is 6.79. The predicted octanol–water partition coefficient (Wildman–Crippen LogP) is 4.07. The lowest BCUT2D eigenvalue weighted by atomic mass is 9.90. The number of aryl methyl sites for hydroxylation is 1. The number of benzene rings is 2. The Bertz CT molecular complexity index is 806. The first kappa shape index (κ1) is 18.9. The Kier molecular flexibility index (Phi) is 5.80. The lowest BCUT2D eigenvalue weighted by Gasteiger charge is -2.23. The second kappa shape index (κ2) is 7.66. The largest absolute Gasteiger partial charge is 0.351 e. The minimum Gasteiger partial charge on any atom is -0.351 e. The zero-order valence-electron chi connectivity index (χ0n) is 14.3. The number of halogens is 2. The van der Waals surface area contributed by atoms with Crippen molar-refractivity contribution in [3.05, 3.63) is 64.4 Å². The molecule has 2 amide bonds. The van der Waals surface area contributed by atoms with Gasteiger partial charge < -0.3 is 10.6 Å². The van der Waals surface area contributed by atoms with Crippen LogP contribution in [0.3, 0.4) is 0 Å². The molecule has 0 spiro atoms. The van der Waals surface area contributed by atoms with Gasteiger partial charge in [-0.05, 0) is 44.5 Å². The van der Waals surface area contributed by atoms with Gasteiger partial charge in [0.25, 0.3) is 0 Å². The molecular formula is C19H20ClFN2O2. The molecule has 4 nitrogen and oxygen atoms in total. The van der Waals surface area contributed by atoms with Crippen molar-refractivity contribution in [2.45, 2.75) is 27.3 Å². The Morgan fingerprint density at radius 1 is 1.12 bits per heavy atom.